The van der Waals surface area contributed by atoms with Crippen molar-refractivity contribution in [3.05, 3.63) is 82.3 Å². The molecule has 1 aliphatic heterocycles. The number of fused-ring (bicyclic) bond motifs is 2. The molecule has 0 saturated carbocycles. The van der Waals surface area contributed by atoms with Crippen molar-refractivity contribution < 1.29 is 18.8 Å². The van der Waals surface area contributed by atoms with Crippen LogP contribution in [0.1, 0.15) is 11.3 Å². The minimum atomic E-state index is -0.316. The first-order valence-corrected chi connectivity index (χ1v) is 11.6. The average Bonchev–Trinajstić information content (AvgIpc) is 3.55. The number of hydrogen-bond donors (Lipinski definition) is 1. The highest BCUT2D eigenvalue weighted by Crippen LogP contribution is 2.34. The quantitative estimate of drug-likeness (QED) is 0.387. The van der Waals surface area contributed by atoms with Crippen LogP contribution in [0, 0.1) is 13.8 Å². The Morgan fingerprint density at radius 2 is 1.89 bits per heavy atom. The predicted molar refractivity (Wildman–Crippen MR) is 135 cm³/mol. The number of benzene rings is 2. The Morgan fingerprint density at radius 3 is 2.76 bits per heavy atom. The molecule has 184 valence electrons. The lowest BCUT2D eigenvalue weighted by Gasteiger charge is -2.12. The monoisotopic (exact) mass is 495 g/mol. The zero-order valence-electron chi connectivity index (χ0n) is 20.0. The highest BCUT2D eigenvalue weighted by atomic mass is 16.7. The van der Waals surface area contributed by atoms with E-state index in [1.54, 1.807) is 34.9 Å². The van der Waals surface area contributed by atoms with Crippen molar-refractivity contribution in [1.82, 2.24) is 19.7 Å². The fourth-order valence-electron chi connectivity index (χ4n) is 4.20. The highest BCUT2D eigenvalue weighted by molar-refractivity contribution is 5.92. The van der Waals surface area contributed by atoms with Crippen molar-refractivity contribution in [1.29, 1.82) is 0 Å². The van der Waals surface area contributed by atoms with Gasteiger partial charge in [-0.25, -0.2) is 4.98 Å². The maximum Gasteiger partial charge on any atom is 0.263 e. The summed E-state index contributed by atoms with van der Waals surface area (Å²) in [5, 5.41) is 7.26. The minimum absolute atomic E-state index is 0.0638. The van der Waals surface area contributed by atoms with E-state index in [1.807, 2.05) is 38.1 Å². The van der Waals surface area contributed by atoms with Crippen molar-refractivity contribution in [3.8, 4) is 34.3 Å². The molecule has 4 heterocycles. The van der Waals surface area contributed by atoms with Crippen LogP contribution in [0.25, 0.3) is 33.9 Å². The molecule has 6 rings (SSSR count). The van der Waals surface area contributed by atoms with Crippen molar-refractivity contribution in [2.75, 3.05) is 12.1 Å². The van der Waals surface area contributed by atoms with Crippen molar-refractivity contribution in [2.45, 2.75) is 20.4 Å². The van der Waals surface area contributed by atoms with Gasteiger partial charge in [-0.15, -0.1) is 0 Å². The maximum atomic E-state index is 13.4. The molecule has 0 radical (unpaired) electrons. The van der Waals surface area contributed by atoms with E-state index < -0.39 is 0 Å². The Balaban J connectivity index is 1.37. The SMILES string of the molecule is Cc1cccc(-c2noc(-c3cn(CC(=O)Nc4ccc5c(c4)OCO5)c4nc(C)ccc4c3=O)n2)c1. The van der Waals surface area contributed by atoms with Gasteiger partial charge in [0.2, 0.25) is 24.0 Å². The number of ether oxygens (including phenoxy) is 2. The molecule has 10 nitrogen and oxygen atoms in total. The summed E-state index contributed by atoms with van der Waals surface area (Å²) in [6, 6.07) is 16.3. The van der Waals surface area contributed by atoms with E-state index in [0.29, 0.717) is 39.7 Å². The van der Waals surface area contributed by atoms with Gasteiger partial charge in [0.15, 0.2) is 11.5 Å². The number of pyridine rings is 2. The lowest BCUT2D eigenvalue weighted by Crippen LogP contribution is -2.22. The van der Waals surface area contributed by atoms with E-state index in [9.17, 15) is 9.59 Å². The summed E-state index contributed by atoms with van der Waals surface area (Å²) in [6.07, 6.45) is 1.53. The second-order valence-electron chi connectivity index (χ2n) is 8.73. The predicted octanol–water partition coefficient (Wildman–Crippen LogP) is 4.10. The zero-order valence-corrected chi connectivity index (χ0v) is 20.0. The first kappa shape index (κ1) is 22.5. The number of aryl methyl sites for hydroxylation is 2. The van der Waals surface area contributed by atoms with Gasteiger partial charge < -0.3 is 23.9 Å². The first-order valence-electron chi connectivity index (χ1n) is 11.6. The van der Waals surface area contributed by atoms with Crippen LogP contribution in [0.4, 0.5) is 5.69 Å². The Hall–Kier alpha value is -4.99. The van der Waals surface area contributed by atoms with Crippen LogP contribution in [-0.2, 0) is 11.3 Å². The van der Waals surface area contributed by atoms with Crippen LogP contribution in [0.5, 0.6) is 11.5 Å². The molecule has 1 amide bonds. The van der Waals surface area contributed by atoms with Gasteiger partial charge in [-0.05, 0) is 44.2 Å². The number of hydrogen-bond acceptors (Lipinski definition) is 8. The first-order chi connectivity index (χ1) is 17.9. The van der Waals surface area contributed by atoms with Crippen molar-refractivity contribution in [3.63, 3.8) is 0 Å². The van der Waals surface area contributed by atoms with E-state index in [1.165, 1.54) is 6.20 Å². The third-order valence-corrected chi connectivity index (χ3v) is 5.96. The summed E-state index contributed by atoms with van der Waals surface area (Å²) in [7, 11) is 0. The number of carbonyl (C=O) groups excluding carboxylic acids is 1. The van der Waals surface area contributed by atoms with Gasteiger partial charge in [-0.3, -0.25) is 9.59 Å². The number of carbonyl (C=O) groups is 1. The van der Waals surface area contributed by atoms with Gasteiger partial charge in [0, 0.05) is 29.2 Å². The molecule has 10 heteroatoms. The summed E-state index contributed by atoms with van der Waals surface area (Å²) in [5.41, 5.74) is 3.35. The summed E-state index contributed by atoms with van der Waals surface area (Å²) < 4.78 is 17.8. The van der Waals surface area contributed by atoms with Gasteiger partial charge in [-0.1, -0.05) is 28.9 Å². The summed E-state index contributed by atoms with van der Waals surface area (Å²) in [6.45, 7) is 3.83. The van der Waals surface area contributed by atoms with Gasteiger partial charge in [-0.2, -0.15) is 4.98 Å². The Kier molecular flexibility index (Phi) is 5.41. The smallest absolute Gasteiger partial charge is 0.263 e. The fourth-order valence-corrected chi connectivity index (χ4v) is 4.20. The van der Waals surface area contributed by atoms with Gasteiger partial charge in [0.1, 0.15) is 17.8 Å². The molecule has 0 fully saturated rings. The maximum absolute atomic E-state index is 13.4. The third kappa shape index (κ3) is 4.29. The second-order valence-corrected chi connectivity index (χ2v) is 8.73. The molecule has 2 aromatic carbocycles. The lowest BCUT2D eigenvalue weighted by molar-refractivity contribution is -0.116. The fraction of sp³-hybridized carbons (Fsp3) is 0.148. The number of amides is 1. The highest BCUT2D eigenvalue weighted by Gasteiger charge is 2.20. The number of nitrogens with zero attached hydrogens (tertiary/aromatic N) is 4. The van der Waals surface area contributed by atoms with E-state index in [0.717, 1.165) is 11.1 Å². The van der Waals surface area contributed by atoms with Gasteiger partial charge >= 0.3 is 0 Å². The molecular weight excluding hydrogens is 474 g/mol. The molecule has 0 spiro atoms. The van der Waals surface area contributed by atoms with E-state index in [-0.39, 0.29) is 36.1 Å². The molecule has 1 N–H and O–H groups in total. The molecule has 3 aromatic heterocycles. The van der Waals surface area contributed by atoms with E-state index in [4.69, 9.17) is 14.0 Å². The Morgan fingerprint density at radius 1 is 1.03 bits per heavy atom. The zero-order chi connectivity index (χ0) is 25.5. The normalized spacial score (nSPS) is 12.2. The summed E-state index contributed by atoms with van der Waals surface area (Å²) >= 11 is 0. The third-order valence-electron chi connectivity index (χ3n) is 5.96. The Labute approximate surface area is 210 Å². The number of rotatable bonds is 5. The Bertz CT molecular complexity index is 1740. The topological polar surface area (TPSA) is 121 Å². The molecule has 0 bridgehead atoms. The second kappa shape index (κ2) is 8.90. The number of anilines is 1. The summed E-state index contributed by atoms with van der Waals surface area (Å²) in [4.78, 5) is 35.4. The average molecular weight is 495 g/mol. The van der Waals surface area contributed by atoms with Crippen LogP contribution in [0.3, 0.4) is 0 Å². The van der Waals surface area contributed by atoms with Gasteiger partial charge in [0.25, 0.3) is 5.89 Å². The van der Waals surface area contributed by atoms with Crippen molar-refractivity contribution in [2.24, 2.45) is 0 Å². The molecule has 0 aliphatic carbocycles. The van der Waals surface area contributed by atoms with E-state index in [2.05, 4.69) is 20.4 Å². The molecule has 37 heavy (non-hydrogen) atoms. The van der Waals surface area contributed by atoms with Crippen LogP contribution >= 0.6 is 0 Å². The van der Waals surface area contributed by atoms with Gasteiger partial charge in [0.05, 0.1) is 5.39 Å². The van der Waals surface area contributed by atoms with E-state index >= 15 is 0 Å². The molecular formula is C27H21N5O5. The molecule has 1 aliphatic rings. The molecule has 5 aromatic rings. The summed E-state index contributed by atoms with van der Waals surface area (Å²) in [5.74, 6) is 1.30. The van der Waals surface area contributed by atoms with Crippen LogP contribution in [0.2, 0.25) is 0 Å². The number of aromatic nitrogens is 4. The lowest BCUT2D eigenvalue weighted by atomic mass is 10.1. The minimum Gasteiger partial charge on any atom is -0.454 e. The molecule has 0 unspecified atom stereocenters. The van der Waals surface area contributed by atoms with Crippen LogP contribution in [-0.4, -0.2) is 32.4 Å². The van der Waals surface area contributed by atoms with Crippen molar-refractivity contribution >= 4 is 22.6 Å². The molecule has 0 saturated heterocycles. The molecule has 0 atom stereocenters. The van der Waals surface area contributed by atoms with Crippen LogP contribution in [0.15, 0.2) is 70.1 Å². The largest absolute Gasteiger partial charge is 0.454 e. The standard InChI is InChI=1S/C27H21N5O5/c1-15-4-3-5-17(10-15)25-30-27(37-31-25)20-12-32(26-19(24(20)34)8-6-16(2)28-26)13-23(33)29-18-7-9-21-22(11-18)36-14-35-21/h3-12H,13-14H2,1-2H3,(H,29,33). The van der Waals surface area contributed by atoms with Crippen LogP contribution < -0.4 is 20.2 Å². The number of nitrogens with one attached hydrogen (secondary N) is 1.